The van der Waals surface area contributed by atoms with E-state index >= 15 is 0 Å². The summed E-state index contributed by atoms with van der Waals surface area (Å²) in [5.74, 6) is 0.443. The van der Waals surface area contributed by atoms with Crippen LogP contribution in [0.15, 0.2) is 94.2 Å². The van der Waals surface area contributed by atoms with Crippen LogP contribution in [0.4, 0.5) is 5.69 Å². The lowest BCUT2D eigenvalue weighted by Crippen LogP contribution is -2.50. The van der Waals surface area contributed by atoms with Gasteiger partial charge in [-0.05, 0) is 29.2 Å². The largest absolute Gasteiger partial charge is 0.342 e. The smallest absolute Gasteiger partial charge is 0.286 e. The first-order valence-corrected chi connectivity index (χ1v) is 14.2. The number of sulfonamides is 1. The molecule has 0 radical (unpaired) electrons. The molecule has 7 nitrogen and oxygen atoms in total. The van der Waals surface area contributed by atoms with Gasteiger partial charge in [0.2, 0.25) is 5.91 Å². The van der Waals surface area contributed by atoms with Gasteiger partial charge in [-0.1, -0.05) is 79.7 Å². The standard InChI is InChI=1S/C29H32N4O3S/c1-22(20-27-30-25-14-8-9-15-26(25)37(35,36)31-27)21-28(34)32-16-18-33(19-17-32)29(23-10-4-2-5-11-23)24-12-6-3-7-13-24/h2-15,22,29H,16-21H2,1H3,(H,30,31). The Labute approximate surface area is 218 Å². The number of amidine groups is 1. The zero-order valence-electron chi connectivity index (χ0n) is 21.0. The maximum atomic E-state index is 13.1. The van der Waals surface area contributed by atoms with E-state index in [1.54, 1.807) is 24.3 Å². The van der Waals surface area contributed by atoms with Crippen molar-refractivity contribution in [1.29, 1.82) is 0 Å². The second-order valence-corrected chi connectivity index (χ2v) is 11.4. The summed E-state index contributed by atoms with van der Waals surface area (Å²) in [6.07, 6.45) is 0.743. The molecular formula is C29H32N4O3S. The minimum atomic E-state index is -3.72. The number of hydrogen-bond donors (Lipinski definition) is 1. The lowest BCUT2D eigenvalue weighted by molar-refractivity contribution is -0.134. The molecule has 37 heavy (non-hydrogen) atoms. The summed E-state index contributed by atoms with van der Waals surface area (Å²) in [6.45, 7) is 4.88. The van der Waals surface area contributed by atoms with Crippen LogP contribution in [0.1, 0.15) is 36.9 Å². The second kappa shape index (κ2) is 10.9. The van der Waals surface area contributed by atoms with Gasteiger partial charge < -0.3 is 10.2 Å². The molecule has 1 amide bonds. The van der Waals surface area contributed by atoms with Crippen LogP contribution in [0.5, 0.6) is 0 Å². The highest BCUT2D eigenvalue weighted by Gasteiger charge is 2.30. The number of amides is 1. The predicted octanol–water partition coefficient (Wildman–Crippen LogP) is 4.55. The van der Waals surface area contributed by atoms with Gasteiger partial charge in [-0.2, -0.15) is 8.42 Å². The number of piperazine rings is 1. The molecule has 2 aliphatic heterocycles. The van der Waals surface area contributed by atoms with Gasteiger partial charge in [-0.3, -0.25) is 9.69 Å². The Morgan fingerprint density at radius 1 is 0.865 bits per heavy atom. The monoisotopic (exact) mass is 516 g/mol. The van der Waals surface area contributed by atoms with Gasteiger partial charge in [-0.15, -0.1) is 4.40 Å². The van der Waals surface area contributed by atoms with Crippen molar-refractivity contribution in [2.75, 3.05) is 31.5 Å². The lowest BCUT2D eigenvalue weighted by atomic mass is 9.96. The molecule has 0 saturated carbocycles. The van der Waals surface area contributed by atoms with Crippen LogP contribution in [-0.2, 0) is 14.8 Å². The molecule has 2 heterocycles. The fraction of sp³-hybridized carbons (Fsp3) is 0.310. The molecular weight excluding hydrogens is 484 g/mol. The number of fused-ring (bicyclic) bond motifs is 1. The van der Waals surface area contributed by atoms with Crippen molar-refractivity contribution in [2.45, 2.75) is 30.7 Å². The van der Waals surface area contributed by atoms with Crippen LogP contribution >= 0.6 is 0 Å². The van der Waals surface area contributed by atoms with Crippen molar-refractivity contribution in [2.24, 2.45) is 10.3 Å². The minimum Gasteiger partial charge on any atom is -0.342 e. The molecule has 3 aromatic carbocycles. The van der Waals surface area contributed by atoms with Crippen LogP contribution in [0.25, 0.3) is 0 Å². The molecule has 5 rings (SSSR count). The quantitative estimate of drug-likeness (QED) is 0.498. The average molecular weight is 517 g/mol. The summed E-state index contributed by atoms with van der Waals surface area (Å²) in [6, 6.07) is 27.9. The van der Waals surface area contributed by atoms with E-state index in [1.165, 1.54) is 11.1 Å². The van der Waals surface area contributed by atoms with Gasteiger partial charge in [-0.25, -0.2) is 0 Å². The van der Waals surface area contributed by atoms with E-state index < -0.39 is 10.0 Å². The number of nitrogens with one attached hydrogen (secondary N) is 1. The van der Waals surface area contributed by atoms with Gasteiger partial charge in [0.15, 0.2) is 0 Å². The Balaban J connectivity index is 1.19. The molecule has 8 heteroatoms. The van der Waals surface area contributed by atoms with Crippen molar-refractivity contribution in [3.05, 3.63) is 96.1 Å². The number of nitrogens with zero attached hydrogens (tertiary/aromatic N) is 3. The summed E-state index contributed by atoms with van der Waals surface area (Å²) in [4.78, 5) is 17.7. The third-order valence-corrected chi connectivity index (χ3v) is 8.37. The molecule has 0 aromatic heterocycles. The number of rotatable bonds is 7. The van der Waals surface area contributed by atoms with E-state index in [-0.39, 0.29) is 22.8 Å². The number of para-hydroxylation sites is 1. The van der Waals surface area contributed by atoms with Gasteiger partial charge in [0.25, 0.3) is 10.0 Å². The molecule has 0 bridgehead atoms. The third kappa shape index (κ3) is 5.76. The number of hydrogen-bond acceptors (Lipinski definition) is 5. The first-order valence-electron chi connectivity index (χ1n) is 12.7. The van der Waals surface area contributed by atoms with E-state index in [0.717, 1.165) is 13.1 Å². The fourth-order valence-corrected chi connectivity index (χ4v) is 6.36. The SMILES string of the molecule is CC(CC(=O)N1CCN(C(c2ccccc2)c2ccccc2)CC1)CC1=NS(=O)(=O)c2ccccc2N1. The van der Waals surface area contributed by atoms with Crippen molar-refractivity contribution in [3.8, 4) is 0 Å². The molecule has 1 fully saturated rings. The summed E-state index contributed by atoms with van der Waals surface area (Å²) < 4.78 is 29.0. The van der Waals surface area contributed by atoms with Crippen molar-refractivity contribution in [3.63, 3.8) is 0 Å². The highest BCUT2D eigenvalue weighted by molar-refractivity contribution is 7.90. The Kier molecular flexibility index (Phi) is 7.39. The minimum absolute atomic E-state index is 0.0429. The molecule has 0 spiro atoms. The van der Waals surface area contributed by atoms with Gasteiger partial charge >= 0.3 is 0 Å². The van der Waals surface area contributed by atoms with Crippen molar-refractivity contribution in [1.82, 2.24) is 9.80 Å². The Morgan fingerprint density at radius 3 is 2.05 bits per heavy atom. The van der Waals surface area contributed by atoms with Crippen LogP contribution < -0.4 is 5.32 Å². The molecule has 1 atom stereocenters. The molecule has 192 valence electrons. The molecule has 1 N–H and O–H groups in total. The van der Waals surface area contributed by atoms with E-state index in [4.69, 9.17) is 0 Å². The van der Waals surface area contributed by atoms with Crippen molar-refractivity contribution < 1.29 is 13.2 Å². The summed E-state index contributed by atoms with van der Waals surface area (Å²) >= 11 is 0. The zero-order valence-corrected chi connectivity index (χ0v) is 21.8. The van der Waals surface area contributed by atoms with Gasteiger partial charge in [0.05, 0.1) is 11.7 Å². The maximum Gasteiger partial charge on any atom is 0.286 e. The number of anilines is 1. The molecule has 1 saturated heterocycles. The Hall–Kier alpha value is -3.49. The molecule has 3 aromatic rings. The Bertz CT molecular complexity index is 1330. The van der Waals surface area contributed by atoms with Crippen LogP contribution in [0, 0.1) is 5.92 Å². The first-order chi connectivity index (χ1) is 17.9. The zero-order chi connectivity index (χ0) is 25.8. The first kappa shape index (κ1) is 25.2. The van der Waals surface area contributed by atoms with E-state index in [0.29, 0.717) is 37.5 Å². The third-order valence-electron chi connectivity index (χ3n) is 7.00. The normalized spacial score (nSPS) is 18.0. The Morgan fingerprint density at radius 2 is 1.43 bits per heavy atom. The van der Waals surface area contributed by atoms with Crippen LogP contribution in [0.2, 0.25) is 0 Å². The van der Waals surface area contributed by atoms with E-state index in [2.05, 4.69) is 63.1 Å². The maximum absolute atomic E-state index is 13.1. The predicted molar refractivity (Wildman–Crippen MR) is 146 cm³/mol. The summed E-state index contributed by atoms with van der Waals surface area (Å²) in [7, 11) is -3.72. The van der Waals surface area contributed by atoms with E-state index in [1.807, 2.05) is 24.0 Å². The highest BCUT2D eigenvalue weighted by Crippen LogP contribution is 2.30. The van der Waals surface area contributed by atoms with Crippen molar-refractivity contribution >= 4 is 27.5 Å². The average Bonchev–Trinajstić information content (AvgIpc) is 2.90. The molecule has 0 aliphatic carbocycles. The summed E-state index contributed by atoms with van der Waals surface area (Å²) in [5.41, 5.74) is 3.03. The van der Waals surface area contributed by atoms with Gasteiger partial charge in [0, 0.05) is 39.0 Å². The second-order valence-electron chi connectivity index (χ2n) is 9.79. The number of carbonyl (C=O) groups is 1. The van der Waals surface area contributed by atoms with Gasteiger partial charge in [0.1, 0.15) is 10.7 Å². The fourth-order valence-electron chi connectivity index (χ4n) is 5.20. The summed E-state index contributed by atoms with van der Waals surface area (Å²) in [5, 5.41) is 3.12. The highest BCUT2D eigenvalue weighted by atomic mass is 32.2. The molecule has 2 aliphatic rings. The topological polar surface area (TPSA) is 82.1 Å². The number of benzene rings is 3. The molecule has 1 unspecified atom stereocenters. The van der Waals surface area contributed by atoms with Crippen LogP contribution in [-0.4, -0.2) is 56.1 Å². The number of carbonyl (C=O) groups excluding carboxylic acids is 1. The van der Waals surface area contributed by atoms with E-state index in [9.17, 15) is 13.2 Å². The van der Waals surface area contributed by atoms with Crippen LogP contribution in [0.3, 0.4) is 0 Å². The lowest BCUT2D eigenvalue weighted by Gasteiger charge is -2.40.